The second-order valence-corrected chi connectivity index (χ2v) is 5.87. The monoisotopic (exact) mass is 248 g/mol. The van der Waals surface area contributed by atoms with Gasteiger partial charge in [0.15, 0.2) is 5.84 Å². The Balaban J connectivity index is 1.78. The Morgan fingerprint density at radius 2 is 1.44 bits per heavy atom. The molecule has 0 aliphatic heterocycles. The number of nitrogens with zero attached hydrogens (tertiary/aromatic N) is 2. The van der Waals surface area contributed by atoms with Crippen molar-refractivity contribution in [2.75, 3.05) is 0 Å². The van der Waals surface area contributed by atoms with Crippen LogP contribution in [0.25, 0.3) is 0 Å². The first kappa shape index (κ1) is 13.4. The van der Waals surface area contributed by atoms with Gasteiger partial charge < -0.3 is 11.5 Å². The first-order valence-corrected chi connectivity index (χ1v) is 7.18. The van der Waals surface area contributed by atoms with E-state index in [0.717, 1.165) is 24.7 Å². The number of amidine groups is 1. The summed E-state index contributed by atoms with van der Waals surface area (Å²) in [5.41, 5.74) is 11.4. The number of nitrogens with two attached hydrogens (primary N) is 2. The van der Waals surface area contributed by atoms with Crippen molar-refractivity contribution < 1.29 is 0 Å². The van der Waals surface area contributed by atoms with Crippen LogP contribution in [0.4, 0.5) is 0 Å². The topological polar surface area (TPSA) is 88.2 Å². The molecular weight excluding hydrogens is 224 g/mol. The van der Waals surface area contributed by atoms with Crippen molar-refractivity contribution in [2.24, 2.45) is 28.3 Å². The van der Waals surface area contributed by atoms with Crippen LogP contribution in [-0.4, -0.2) is 17.9 Å². The van der Waals surface area contributed by atoms with Gasteiger partial charge in [-0.1, -0.05) is 0 Å². The first-order chi connectivity index (χ1) is 8.69. The molecule has 0 spiro atoms. The maximum atomic E-state index is 8.63. The van der Waals surface area contributed by atoms with E-state index in [0.29, 0.717) is 6.04 Å². The molecule has 2 aliphatic carbocycles. The highest BCUT2D eigenvalue weighted by Gasteiger charge is 2.29. The van der Waals surface area contributed by atoms with Gasteiger partial charge in [0.2, 0.25) is 0 Å². The Hall–Kier alpha value is -1.08. The predicted octanol–water partition coefficient (Wildman–Crippen LogP) is 1.94. The summed E-state index contributed by atoms with van der Waals surface area (Å²) in [7, 11) is 0. The van der Waals surface area contributed by atoms with Crippen molar-refractivity contribution in [1.29, 1.82) is 5.26 Å². The fourth-order valence-electron chi connectivity index (χ4n) is 3.54. The minimum atomic E-state index is 0.141. The van der Waals surface area contributed by atoms with Gasteiger partial charge in [0.05, 0.1) is 6.04 Å². The van der Waals surface area contributed by atoms with Gasteiger partial charge in [0, 0.05) is 6.04 Å². The molecular formula is C14H24N4. The molecule has 0 heterocycles. The fraction of sp³-hybridized carbons (Fsp3) is 0.857. The molecule has 0 unspecified atom stereocenters. The molecule has 0 aromatic rings. The lowest BCUT2D eigenvalue weighted by Crippen LogP contribution is -2.32. The van der Waals surface area contributed by atoms with Crippen LogP contribution in [0.15, 0.2) is 4.99 Å². The summed E-state index contributed by atoms with van der Waals surface area (Å²) < 4.78 is 0. The smallest absolute Gasteiger partial charge is 0.199 e. The van der Waals surface area contributed by atoms with Gasteiger partial charge in [0.1, 0.15) is 6.07 Å². The van der Waals surface area contributed by atoms with Crippen molar-refractivity contribution in [3.05, 3.63) is 0 Å². The zero-order valence-electron chi connectivity index (χ0n) is 11.0. The molecule has 0 bridgehead atoms. The van der Waals surface area contributed by atoms with E-state index in [-0.39, 0.29) is 11.9 Å². The zero-order valence-corrected chi connectivity index (χ0v) is 11.0. The van der Waals surface area contributed by atoms with Crippen LogP contribution in [0.1, 0.15) is 51.4 Å². The molecule has 0 saturated heterocycles. The molecule has 0 radical (unpaired) electrons. The lowest BCUT2D eigenvalue weighted by Gasteiger charge is -2.36. The van der Waals surface area contributed by atoms with Gasteiger partial charge in [-0.05, 0) is 63.2 Å². The number of hydrogen-bond donors (Lipinski definition) is 2. The molecule has 2 aliphatic rings. The minimum Gasteiger partial charge on any atom is -0.375 e. The van der Waals surface area contributed by atoms with Crippen LogP contribution in [-0.2, 0) is 0 Å². The van der Waals surface area contributed by atoms with Crippen molar-refractivity contribution in [3.8, 4) is 6.07 Å². The molecule has 18 heavy (non-hydrogen) atoms. The van der Waals surface area contributed by atoms with Crippen molar-refractivity contribution >= 4 is 5.84 Å². The van der Waals surface area contributed by atoms with Gasteiger partial charge in [-0.3, -0.25) is 4.99 Å². The summed E-state index contributed by atoms with van der Waals surface area (Å²) in [6.45, 7) is 0. The van der Waals surface area contributed by atoms with E-state index in [9.17, 15) is 0 Å². The van der Waals surface area contributed by atoms with Gasteiger partial charge >= 0.3 is 0 Å². The number of hydrogen-bond acceptors (Lipinski definition) is 3. The molecule has 2 saturated carbocycles. The Labute approximate surface area is 109 Å². The summed E-state index contributed by atoms with van der Waals surface area (Å²) in [4.78, 5) is 4.26. The van der Waals surface area contributed by atoms with Crippen LogP contribution in [0.2, 0.25) is 0 Å². The fourth-order valence-corrected chi connectivity index (χ4v) is 3.54. The molecule has 4 N–H and O–H groups in total. The SMILES string of the molecule is N#CC(N)=NC1CCC(C2CCC(N)CC2)CC1. The summed E-state index contributed by atoms with van der Waals surface area (Å²) >= 11 is 0. The molecule has 0 atom stereocenters. The first-order valence-electron chi connectivity index (χ1n) is 7.18. The molecule has 2 rings (SSSR count). The predicted molar refractivity (Wildman–Crippen MR) is 72.9 cm³/mol. The third kappa shape index (κ3) is 3.46. The molecule has 4 heteroatoms. The Kier molecular flexibility index (Phi) is 4.60. The quantitative estimate of drug-likeness (QED) is 0.578. The maximum Gasteiger partial charge on any atom is 0.199 e. The number of aliphatic imine (C=N–C) groups is 1. The molecule has 0 amide bonds. The summed E-state index contributed by atoms with van der Waals surface area (Å²) in [5, 5.41) is 8.63. The molecule has 0 aromatic heterocycles. The standard InChI is InChI=1S/C14H24N4/c15-9-14(17)18-13-7-3-11(4-8-13)10-1-5-12(16)6-2-10/h10-13H,1-8,16H2,(H2,17,18). The third-order valence-electron chi connectivity index (χ3n) is 4.66. The van der Waals surface area contributed by atoms with E-state index in [1.165, 1.54) is 38.5 Å². The average Bonchev–Trinajstić information content (AvgIpc) is 2.40. The Bertz CT molecular complexity index is 328. The van der Waals surface area contributed by atoms with E-state index in [1.54, 1.807) is 0 Å². The lowest BCUT2D eigenvalue weighted by molar-refractivity contribution is 0.178. The van der Waals surface area contributed by atoms with E-state index in [1.807, 2.05) is 6.07 Å². The Morgan fingerprint density at radius 1 is 0.944 bits per heavy atom. The number of rotatable bonds is 2. The van der Waals surface area contributed by atoms with Crippen molar-refractivity contribution in [2.45, 2.75) is 63.5 Å². The van der Waals surface area contributed by atoms with Crippen LogP contribution < -0.4 is 11.5 Å². The number of nitriles is 1. The molecule has 0 aromatic carbocycles. The van der Waals surface area contributed by atoms with E-state index in [4.69, 9.17) is 16.7 Å². The van der Waals surface area contributed by atoms with Crippen LogP contribution in [0.3, 0.4) is 0 Å². The van der Waals surface area contributed by atoms with E-state index >= 15 is 0 Å². The van der Waals surface area contributed by atoms with Crippen LogP contribution in [0.5, 0.6) is 0 Å². The van der Waals surface area contributed by atoms with Crippen molar-refractivity contribution in [1.82, 2.24) is 0 Å². The Morgan fingerprint density at radius 3 is 1.94 bits per heavy atom. The van der Waals surface area contributed by atoms with Crippen molar-refractivity contribution in [3.63, 3.8) is 0 Å². The average molecular weight is 248 g/mol. The van der Waals surface area contributed by atoms with Gasteiger partial charge in [0.25, 0.3) is 0 Å². The highest BCUT2D eigenvalue weighted by Crippen LogP contribution is 2.38. The van der Waals surface area contributed by atoms with E-state index < -0.39 is 0 Å². The summed E-state index contributed by atoms with van der Waals surface area (Å²) in [5.74, 6) is 1.87. The molecule has 4 nitrogen and oxygen atoms in total. The third-order valence-corrected chi connectivity index (χ3v) is 4.66. The zero-order chi connectivity index (χ0) is 13.0. The van der Waals surface area contributed by atoms with Crippen LogP contribution >= 0.6 is 0 Å². The lowest BCUT2D eigenvalue weighted by atomic mass is 9.72. The largest absolute Gasteiger partial charge is 0.375 e. The second kappa shape index (κ2) is 6.19. The van der Waals surface area contributed by atoms with Gasteiger partial charge in [-0.15, -0.1) is 0 Å². The van der Waals surface area contributed by atoms with Crippen LogP contribution in [0, 0.1) is 23.2 Å². The summed E-state index contributed by atoms with van der Waals surface area (Å²) in [6.07, 6.45) is 9.68. The molecule has 2 fully saturated rings. The highest BCUT2D eigenvalue weighted by atomic mass is 14.9. The normalized spacial score (nSPS) is 38.1. The minimum absolute atomic E-state index is 0.141. The summed E-state index contributed by atoms with van der Waals surface area (Å²) in [6, 6.07) is 2.63. The van der Waals surface area contributed by atoms with Gasteiger partial charge in [-0.25, -0.2) is 0 Å². The second-order valence-electron chi connectivity index (χ2n) is 5.87. The van der Waals surface area contributed by atoms with Gasteiger partial charge in [-0.2, -0.15) is 5.26 Å². The maximum absolute atomic E-state index is 8.63. The highest BCUT2D eigenvalue weighted by molar-refractivity contribution is 5.95. The molecule has 100 valence electrons. The van der Waals surface area contributed by atoms with E-state index in [2.05, 4.69) is 4.99 Å².